The second-order valence-electron chi connectivity index (χ2n) is 5.04. The fourth-order valence-electron chi connectivity index (χ4n) is 1.98. The number of hydrogen-bond donors (Lipinski definition) is 1. The Labute approximate surface area is 157 Å². The number of carbonyl (C=O) groups is 2. The first-order valence-corrected chi connectivity index (χ1v) is 9.38. The molecule has 0 aliphatic carbocycles. The Morgan fingerprint density at radius 2 is 1.96 bits per heavy atom. The Kier molecular flexibility index (Phi) is 5.47. The number of halogens is 1. The molecule has 0 saturated carbocycles. The summed E-state index contributed by atoms with van der Waals surface area (Å²) in [5.41, 5.74) is 1.74. The first-order valence-electron chi connectivity index (χ1n) is 7.31. The van der Waals surface area contributed by atoms with E-state index < -0.39 is 18.0 Å². The number of benzene rings is 1. The van der Waals surface area contributed by atoms with Gasteiger partial charge < -0.3 is 4.74 Å². The van der Waals surface area contributed by atoms with Crippen LogP contribution in [0.15, 0.2) is 47.8 Å². The number of nitrogens with zero attached hydrogens (tertiary/aromatic N) is 1. The van der Waals surface area contributed by atoms with Gasteiger partial charge in [-0.2, -0.15) is 0 Å². The maximum absolute atomic E-state index is 12.2. The predicted molar refractivity (Wildman–Crippen MR) is 100 cm³/mol. The fraction of sp³-hybridized carbons (Fsp3) is 0.118. The second kappa shape index (κ2) is 7.77. The number of anilines is 1. The summed E-state index contributed by atoms with van der Waals surface area (Å²) in [6.07, 6.45) is -0.947. The Bertz CT molecular complexity index is 892. The van der Waals surface area contributed by atoms with Crippen molar-refractivity contribution in [2.75, 3.05) is 5.32 Å². The standard InChI is InChI=1S/C17H13ClN2O3S2/c1-10(23-16(22)13-7-8-14(18)25-13)15(21)20-17-19-12(9-24-17)11-5-3-2-4-6-11/h2-10H,1H3,(H,19,20,21)/t10-/m0/s1. The van der Waals surface area contributed by atoms with Gasteiger partial charge >= 0.3 is 5.97 Å². The summed E-state index contributed by atoms with van der Waals surface area (Å²) in [7, 11) is 0. The molecule has 0 aliphatic rings. The number of ether oxygens (including phenoxy) is 1. The molecular weight excluding hydrogens is 380 g/mol. The number of hydrogen-bond acceptors (Lipinski definition) is 6. The first-order chi connectivity index (χ1) is 12.0. The average Bonchev–Trinajstić information content (AvgIpc) is 3.24. The Morgan fingerprint density at radius 1 is 1.20 bits per heavy atom. The third-order valence-electron chi connectivity index (χ3n) is 3.23. The van der Waals surface area contributed by atoms with E-state index in [0.29, 0.717) is 14.3 Å². The summed E-state index contributed by atoms with van der Waals surface area (Å²) in [6, 6.07) is 12.8. The molecule has 1 amide bonds. The van der Waals surface area contributed by atoms with Crippen molar-refractivity contribution >= 4 is 51.3 Å². The van der Waals surface area contributed by atoms with Crippen molar-refractivity contribution in [3.05, 3.63) is 57.1 Å². The minimum atomic E-state index is -0.947. The van der Waals surface area contributed by atoms with Crippen LogP contribution in [0, 0.1) is 0 Å². The van der Waals surface area contributed by atoms with Gasteiger partial charge in [0.1, 0.15) is 4.88 Å². The molecule has 3 aromatic rings. The van der Waals surface area contributed by atoms with Crippen LogP contribution in [0.4, 0.5) is 5.13 Å². The van der Waals surface area contributed by atoms with Gasteiger partial charge in [0.25, 0.3) is 5.91 Å². The van der Waals surface area contributed by atoms with E-state index in [-0.39, 0.29) is 0 Å². The number of thiazole rings is 1. The highest BCUT2D eigenvalue weighted by atomic mass is 35.5. The van der Waals surface area contributed by atoms with Gasteiger partial charge in [-0.25, -0.2) is 9.78 Å². The van der Waals surface area contributed by atoms with Crippen molar-refractivity contribution in [2.24, 2.45) is 0 Å². The van der Waals surface area contributed by atoms with Gasteiger partial charge in [-0.1, -0.05) is 41.9 Å². The average molecular weight is 393 g/mol. The van der Waals surface area contributed by atoms with Crippen LogP contribution in [0.2, 0.25) is 4.34 Å². The zero-order valence-corrected chi connectivity index (χ0v) is 15.5. The van der Waals surface area contributed by atoms with Crippen LogP contribution in [-0.2, 0) is 9.53 Å². The topological polar surface area (TPSA) is 68.3 Å². The number of thiophene rings is 1. The highest BCUT2D eigenvalue weighted by molar-refractivity contribution is 7.17. The minimum absolute atomic E-state index is 0.352. The lowest BCUT2D eigenvalue weighted by Gasteiger charge is -2.11. The molecule has 8 heteroatoms. The normalized spacial score (nSPS) is 11.8. The van der Waals surface area contributed by atoms with Crippen LogP contribution in [0.3, 0.4) is 0 Å². The van der Waals surface area contributed by atoms with Gasteiger partial charge in [0.15, 0.2) is 11.2 Å². The molecule has 0 aliphatic heterocycles. The zero-order chi connectivity index (χ0) is 17.8. The zero-order valence-electron chi connectivity index (χ0n) is 13.1. The van der Waals surface area contributed by atoms with E-state index in [9.17, 15) is 9.59 Å². The SMILES string of the molecule is C[C@H](OC(=O)c1ccc(Cl)s1)C(=O)Nc1nc(-c2ccccc2)cs1. The molecule has 5 nitrogen and oxygen atoms in total. The summed E-state index contributed by atoms with van der Waals surface area (Å²) in [6.45, 7) is 1.51. The first kappa shape index (κ1) is 17.6. The van der Waals surface area contributed by atoms with Crippen molar-refractivity contribution in [2.45, 2.75) is 13.0 Å². The van der Waals surface area contributed by atoms with E-state index in [0.717, 1.165) is 22.6 Å². The van der Waals surface area contributed by atoms with Gasteiger partial charge in [-0.05, 0) is 19.1 Å². The van der Waals surface area contributed by atoms with Gasteiger partial charge in [-0.3, -0.25) is 10.1 Å². The molecule has 2 aromatic heterocycles. The molecule has 1 atom stereocenters. The largest absolute Gasteiger partial charge is 0.448 e. The minimum Gasteiger partial charge on any atom is -0.448 e. The second-order valence-corrected chi connectivity index (χ2v) is 7.62. The van der Waals surface area contributed by atoms with Crippen molar-refractivity contribution in [3.8, 4) is 11.3 Å². The molecule has 0 unspecified atom stereocenters. The summed E-state index contributed by atoms with van der Waals surface area (Å²) >= 11 is 8.20. The van der Waals surface area contributed by atoms with Crippen LogP contribution in [0.25, 0.3) is 11.3 Å². The number of rotatable bonds is 5. The number of nitrogens with one attached hydrogen (secondary N) is 1. The van der Waals surface area contributed by atoms with Crippen LogP contribution in [0.1, 0.15) is 16.6 Å². The molecule has 25 heavy (non-hydrogen) atoms. The highest BCUT2D eigenvalue weighted by Crippen LogP contribution is 2.25. The van der Waals surface area contributed by atoms with Crippen LogP contribution >= 0.6 is 34.3 Å². The third-order valence-corrected chi connectivity index (χ3v) is 5.20. The lowest BCUT2D eigenvalue weighted by molar-refractivity contribution is -0.123. The molecule has 0 spiro atoms. The van der Waals surface area contributed by atoms with Gasteiger partial charge in [0, 0.05) is 10.9 Å². The highest BCUT2D eigenvalue weighted by Gasteiger charge is 2.21. The van der Waals surface area contributed by atoms with E-state index >= 15 is 0 Å². The number of esters is 1. The van der Waals surface area contributed by atoms with E-state index in [2.05, 4.69) is 10.3 Å². The summed E-state index contributed by atoms with van der Waals surface area (Å²) in [5.74, 6) is -1.02. The van der Waals surface area contributed by atoms with Gasteiger partial charge in [-0.15, -0.1) is 22.7 Å². The maximum atomic E-state index is 12.2. The monoisotopic (exact) mass is 392 g/mol. The van der Waals surface area contributed by atoms with Crippen molar-refractivity contribution in [1.82, 2.24) is 4.98 Å². The Morgan fingerprint density at radius 3 is 2.64 bits per heavy atom. The lowest BCUT2D eigenvalue weighted by Crippen LogP contribution is -2.29. The molecule has 2 heterocycles. The quantitative estimate of drug-likeness (QED) is 0.638. The van der Waals surface area contributed by atoms with Crippen molar-refractivity contribution in [1.29, 1.82) is 0 Å². The lowest BCUT2D eigenvalue weighted by atomic mass is 10.2. The summed E-state index contributed by atoms with van der Waals surface area (Å²) < 4.78 is 5.64. The van der Waals surface area contributed by atoms with Crippen LogP contribution in [-0.4, -0.2) is 23.0 Å². The van der Waals surface area contributed by atoms with E-state index in [1.807, 2.05) is 35.7 Å². The third kappa shape index (κ3) is 4.45. The number of carbonyl (C=O) groups excluding carboxylic acids is 2. The molecule has 0 saturated heterocycles. The number of aromatic nitrogens is 1. The van der Waals surface area contributed by atoms with E-state index in [4.69, 9.17) is 16.3 Å². The van der Waals surface area contributed by atoms with E-state index in [1.54, 1.807) is 12.1 Å². The number of amides is 1. The molecule has 0 radical (unpaired) electrons. The summed E-state index contributed by atoms with van der Waals surface area (Å²) in [5, 5.41) is 4.97. The van der Waals surface area contributed by atoms with Gasteiger partial charge in [0.05, 0.1) is 10.0 Å². The molecule has 0 bridgehead atoms. The fourth-order valence-corrected chi connectivity index (χ4v) is 3.62. The molecule has 3 rings (SSSR count). The molecular formula is C17H13ClN2O3S2. The Balaban J connectivity index is 1.60. The maximum Gasteiger partial charge on any atom is 0.349 e. The molecule has 1 aromatic carbocycles. The molecule has 1 N–H and O–H groups in total. The summed E-state index contributed by atoms with van der Waals surface area (Å²) in [4.78, 5) is 28.9. The van der Waals surface area contributed by atoms with Gasteiger partial charge in [0.2, 0.25) is 0 Å². The van der Waals surface area contributed by atoms with E-state index in [1.165, 1.54) is 18.3 Å². The van der Waals surface area contributed by atoms with Crippen molar-refractivity contribution < 1.29 is 14.3 Å². The van der Waals surface area contributed by atoms with Crippen molar-refractivity contribution in [3.63, 3.8) is 0 Å². The molecule has 0 fully saturated rings. The smallest absolute Gasteiger partial charge is 0.349 e. The predicted octanol–water partition coefficient (Wildman–Crippen LogP) is 4.71. The molecule has 128 valence electrons. The van der Waals surface area contributed by atoms with Crippen LogP contribution < -0.4 is 5.32 Å². The van der Waals surface area contributed by atoms with Crippen LogP contribution in [0.5, 0.6) is 0 Å². The Hall–Kier alpha value is -2.22.